The summed E-state index contributed by atoms with van der Waals surface area (Å²) in [6.45, 7) is 12.0. The van der Waals surface area contributed by atoms with Crippen molar-refractivity contribution in [1.82, 2.24) is 19.6 Å². The molecule has 0 saturated carbocycles. The monoisotopic (exact) mass is 934 g/mol. The molecule has 0 aliphatic carbocycles. The third-order valence-electron chi connectivity index (χ3n) is 10.3. The van der Waals surface area contributed by atoms with Crippen LogP contribution in [-0.2, 0) is 22.7 Å². The number of amides is 2. The molecule has 2 saturated heterocycles. The Morgan fingerprint density at radius 2 is 1.02 bits per heavy atom. The van der Waals surface area contributed by atoms with Crippen LogP contribution in [0.1, 0.15) is 62.7 Å². The fraction of sp³-hybridized carbons (Fsp3) is 0.364. The molecule has 2 aliphatic heterocycles. The van der Waals surface area contributed by atoms with Gasteiger partial charge in [-0.15, -0.1) is 0 Å². The fourth-order valence-corrected chi connectivity index (χ4v) is 7.95. The number of rotatable bonds is 13. The quantitative estimate of drug-likeness (QED) is 0.125. The summed E-state index contributed by atoms with van der Waals surface area (Å²) in [5.74, 6) is -2.62. The van der Waals surface area contributed by atoms with Gasteiger partial charge in [-0.2, -0.15) is 0 Å². The number of aryl methyl sites for hydroxylation is 1. The largest absolute Gasteiger partial charge is 0.483 e. The lowest BCUT2D eigenvalue weighted by Crippen LogP contribution is -2.49. The summed E-state index contributed by atoms with van der Waals surface area (Å²) in [4.78, 5) is 56.6. The van der Waals surface area contributed by atoms with Crippen molar-refractivity contribution >= 4 is 81.8 Å². The average molecular weight is 937 g/mol. The first kappa shape index (κ1) is 47.8. The Kier molecular flexibility index (Phi) is 17.4. The Labute approximate surface area is 380 Å². The molecule has 0 spiro atoms. The van der Waals surface area contributed by atoms with Gasteiger partial charge in [0.15, 0.2) is 19.0 Å². The fourth-order valence-electron chi connectivity index (χ4n) is 6.96. The highest BCUT2D eigenvalue weighted by molar-refractivity contribution is 6.45. The second-order valence-electron chi connectivity index (χ2n) is 14.9. The van der Waals surface area contributed by atoms with Gasteiger partial charge in [0.2, 0.25) is 0 Å². The Bertz CT molecular complexity index is 2190. The highest BCUT2D eigenvalue weighted by Crippen LogP contribution is 2.39. The summed E-state index contributed by atoms with van der Waals surface area (Å²) < 4.78 is 11.2. The molecule has 2 amide bonds. The van der Waals surface area contributed by atoms with Crippen LogP contribution >= 0.6 is 58.0 Å². The van der Waals surface area contributed by atoms with Gasteiger partial charge in [0, 0.05) is 75.5 Å². The van der Waals surface area contributed by atoms with Crippen LogP contribution in [-0.4, -0.2) is 119 Å². The first-order valence-electron chi connectivity index (χ1n) is 19.5. The summed E-state index contributed by atoms with van der Waals surface area (Å²) in [5.41, 5.74) is 3.54. The summed E-state index contributed by atoms with van der Waals surface area (Å²) in [7, 11) is 0. The SMILES string of the molecule is Cc1ccc(C(C)C)c(C(=O)O)c1OCC(=O)N1CCN(Cc2ccc(Cl)cc2)CC1.O=C(O)c1c(Cl)c(Cl)cc(Cl)c1OCC(=O)N1CCN(Cc2ccc(Cl)cc2)CC1. The first-order valence-corrected chi connectivity index (χ1v) is 21.4. The van der Waals surface area contributed by atoms with Crippen molar-refractivity contribution in [2.24, 2.45) is 0 Å². The highest BCUT2D eigenvalue weighted by atomic mass is 35.5. The van der Waals surface area contributed by atoms with Crippen LogP contribution in [0.15, 0.2) is 66.7 Å². The molecule has 0 aromatic heterocycles. The van der Waals surface area contributed by atoms with E-state index in [1.165, 1.54) is 11.6 Å². The molecule has 6 rings (SSSR count). The molecule has 4 aromatic rings. The number of piperazine rings is 2. The van der Waals surface area contributed by atoms with Crippen LogP contribution in [0.3, 0.4) is 0 Å². The second kappa shape index (κ2) is 22.2. The molecule has 61 heavy (non-hydrogen) atoms. The minimum atomic E-state index is -1.34. The van der Waals surface area contributed by atoms with Crippen molar-refractivity contribution in [3.8, 4) is 11.5 Å². The van der Waals surface area contributed by atoms with E-state index in [9.17, 15) is 29.4 Å². The Hall–Kier alpha value is -4.27. The van der Waals surface area contributed by atoms with Gasteiger partial charge in [0.05, 0.1) is 15.1 Å². The molecule has 326 valence electrons. The van der Waals surface area contributed by atoms with E-state index >= 15 is 0 Å². The lowest BCUT2D eigenvalue weighted by atomic mass is 9.94. The van der Waals surface area contributed by atoms with Crippen molar-refractivity contribution in [1.29, 1.82) is 0 Å². The van der Waals surface area contributed by atoms with Gasteiger partial charge in [-0.3, -0.25) is 19.4 Å². The molecule has 17 heteroatoms. The van der Waals surface area contributed by atoms with Gasteiger partial charge in [0.25, 0.3) is 11.8 Å². The number of ether oxygens (including phenoxy) is 2. The van der Waals surface area contributed by atoms with E-state index in [2.05, 4.69) is 9.80 Å². The van der Waals surface area contributed by atoms with Crippen LogP contribution in [0.4, 0.5) is 0 Å². The summed E-state index contributed by atoms with van der Waals surface area (Å²) >= 11 is 29.7. The first-order chi connectivity index (χ1) is 29.0. The molecule has 2 aliphatic rings. The lowest BCUT2D eigenvalue weighted by Gasteiger charge is -2.34. The lowest BCUT2D eigenvalue weighted by molar-refractivity contribution is -0.135. The number of carboxylic acid groups (broad SMARTS) is 2. The number of carbonyl (C=O) groups is 4. The van der Waals surface area contributed by atoms with Gasteiger partial charge < -0.3 is 29.5 Å². The molecule has 4 aromatic carbocycles. The number of carboxylic acids is 2. The normalized spacial score (nSPS) is 14.6. The number of benzene rings is 4. The van der Waals surface area contributed by atoms with Gasteiger partial charge >= 0.3 is 11.9 Å². The van der Waals surface area contributed by atoms with Gasteiger partial charge in [-0.25, -0.2) is 9.59 Å². The van der Waals surface area contributed by atoms with Crippen LogP contribution in [0.5, 0.6) is 11.5 Å². The Morgan fingerprint density at radius 1 is 0.590 bits per heavy atom. The maximum absolute atomic E-state index is 12.7. The second-order valence-corrected chi connectivity index (χ2v) is 17.0. The molecular formula is C44H47Cl5N4O8. The molecule has 2 heterocycles. The average Bonchev–Trinajstić information content (AvgIpc) is 3.23. The Balaban J connectivity index is 0.000000231. The standard InChI is InChI=1S/C24H29ClN2O4.C20H18Cl4N2O4/c1-16(2)20-9-4-17(3)23(22(20)24(29)30)31-15-21(28)27-12-10-26(11-13-27)14-18-5-7-19(25)8-6-18;21-13-3-1-12(2-4-13)10-25-5-7-26(8-6-25)16(27)11-30-19-15(23)9-14(22)18(24)17(19)20(28)29/h4-9,16H,10-15H2,1-3H3,(H,29,30);1-4,9H,5-8,10-11H2,(H,28,29). The highest BCUT2D eigenvalue weighted by Gasteiger charge is 2.27. The van der Waals surface area contributed by atoms with Gasteiger partial charge in [-0.1, -0.05) is 108 Å². The molecule has 0 bridgehead atoms. The number of carbonyl (C=O) groups excluding carboxylic acids is 2. The van der Waals surface area contributed by atoms with Crippen molar-refractivity contribution in [2.45, 2.75) is 39.8 Å². The van der Waals surface area contributed by atoms with E-state index in [1.807, 2.05) is 74.5 Å². The predicted molar refractivity (Wildman–Crippen MR) is 238 cm³/mol. The van der Waals surface area contributed by atoms with Crippen molar-refractivity contribution in [3.05, 3.63) is 125 Å². The van der Waals surface area contributed by atoms with Crippen molar-refractivity contribution in [3.63, 3.8) is 0 Å². The molecule has 12 nitrogen and oxygen atoms in total. The third kappa shape index (κ3) is 13.1. The van der Waals surface area contributed by atoms with E-state index < -0.39 is 11.9 Å². The maximum Gasteiger partial charge on any atom is 0.341 e. The zero-order chi connectivity index (χ0) is 44.4. The van der Waals surface area contributed by atoms with Crippen LogP contribution < -0.4 is 9.47 Å². The van der Waals surface area contributed by atoms with Gasteiger partial charge in [-0.05, 0) is 65.4 Å². The molecule has 2 N–H and O–H groups in total. The smallest absolute Gasteiger partial charge is 0.341 e. The zero-order valence-electron chi connectivity index (χ0n) is 33.9. The molecule has 0 atom stereocenters. The maximum atomic E-state index is 12.7. The number of nitrogens with zero attached hydrogens (tertiary/aromatic N) is 4. The predicted octanol–water partition coefficient (Wildman–Crippen LogP) is 8.91. The topological polar surface area (TPSA) is 140 Å². The molecule has 2 fully saturated rings. The summed E-state index contributed by atoms with van der Waals surface area (Å²) in [5, 5.41) is 20.3. The minimum absolute atomic E-state index is 0.00504. The molecular weight excluding hydrogens is 890 g/mol. The van der Waals surface area contributed by atoms with Crippen LogP contribution in [0.25, 0.3) is 0 Å². The van der Waals surface area contributed by atoms with Crippen LogP contribution in [0.2, 0.25) is 25.1 Å². The molecule has 0 unspecified atom stereocenters. The number of hydrogen-bond donors (Lipinski definition) is 2. The van der Waals surface area contributed by atoms with E-state index in [1.54, 1.807) is 16.7 Å². The van der Waals surface area contributed by atoms with Crippen LogP contribution in [0, 0.1) is 6.92 Å². The van der Waals surface area contributed by atoms with E-state index in [4.69, 9.17) is 67.5 Å². The van der Waals surface area contributed by atoms with E-state index in [0.717, 1.165) is 36.8 Å². The summed E-state index contributed by atoms with van der Waals surface area (Å²) in [6, 6.07) is 20.4. The van der Waals surface area contributed by atoms with E-state index in [0.29, 0.717) is 55.4 Å². The Morgan fingerprint density at radius 3 is 1.43 bits per heavy atom. The van der Waals surface area contributed by atoms with Crippen molar-refractivity contribution < 1.29 is 38.9 Å². The van der Waals surface area contributed by atoms with E-state index in [-0.39, 0.29) is 68.6 Å². The third-order valence-corrected chi connectivity index (χ3v) is 11.9. The zero-order valence-corrected chi connectivity index (χ0v) is 37.7. The minimum Gasteiger partial charge on any atom is -0.483 e. The number of hydrogen-bond acceptors (Lipinski definition) is 8. The number of aromatic carboxylic acids is 2. The van der Waals surface area contributed by atoms with Crippen molar-refractivity contribution in [2.75, 3.05) is 65.6 Å². The number of halogens is 5. The molecule has 0 radical (unpaired) electrons. The summed E-state index contributed by atoms with van der Waals surface area (Å²) in [6.07, 6.45) is 0. The van der Waals surface area contributed by atoms with Gasteiger partial charge in [0.1, 0.15) is 16.9 Å².